The third kappa shape index (κ3) is 3.56. The van der Waals surface area contributed by atoms with Crippen LogP contribution in [0, 0.1) is 0 Å². The van der Waals surface area contributed by atoms with Crippen molar-refractivity contribution in [1.29, 1.82) is 0 Å². The van der Waals surface area contributed by atoms with E-state index in [2.05, 4.69) is 38.1 Å². The SMILES string of the molecule is c1cc(CN2CCN(c3ncc4c(n3)CCCCC4)CC2)ccn1. The van der Waals surface area contributed by atoms with Crippen molar-refractivity contribution < 1.29 is 0 Å². The average molecular weight is 323 g/mol. The van der Waals surface area contributed by atoms with Crippen molar-refractivity contribution in [3.05, 3.63) is 47.5 Å². The third-order valence-electron chi connectivity index (χ3n) is 5.11. The van der Waals surface area contributed by atoms with Gasteiger partial charge in [-0.3, -0.25) is 9.88 Å². The topological polar surface area (TPSA) is 45.2 Å². The summed E-state index contributed by atoms with van der Waals surface area (Å²) in [5.41, 5.74) is 3.99. The molecule has 24 heavy (non-hydrogen) atoms. The second kappa shape index (κ2) is 7.26. The van der Waals surface area contributed by atoms with Crippen molar-refractivity contribution >= 4 is 5.95 Å². The van der Waals surface area contributed by atoms with Gasteiger partial charge in [0.25, 0.3) is 0 Å². The van der Waals surface area contributed by atoms with Crippen molar-refractivity contribution in [3.8, 4) is 0 Å². The molecule has 1 saturated heterocycles. The van der Waals surface area contributed by atoms with Crippen LogP contribution < -0.4 is 4.90 Å². The summed E-state index contributed by atoms with van der Waals surface area (Å²) in [6.07, 6.45) is 11.9. The minimum atomic E-state index is 0.930. The second-order valence-corrected chi connectivity index (χ2v) is 6.82. The van der Waals surface area contributed by atoms with E-state index in [1.807, 2.05) is 12.4 Å². The van der Waals surface area contributed by atoms with E-state index < -0.39 is 0 Å². The summed E-state index contributed by atoms with van der Waals surface area (Å²) >= 11 is 0. The van der Waals surface area contributed by atoms with Gasteiger partial charge in [-0.15, -0.1) is 0 Å². The number of rotatable bonds is 3. The summed E-state index contributed by atoms with van der Waals surface area (Å²) in [6.45, 7) is 5.13. The van der Waals surface area contributed by atoms with Crippen molar-refractivity contribution in [2.24, 2.45) is 0 Å². The number of nitrogens with zero attached hydrogens (tertiary/aromatic N) is 5. The van der Waals surface area contributed by atoms with Crippen molar-refractivity contribution in [1.82, 2.24) is 19.9 Å². The van der Waals surface area contributed by atoms with Crippen LogP contribution >= 0.6 is 0 Å². The zero-order valence-corrected chi connectivity index (χ0v) is 14.2. The molecule has 2 aromatic heterocycles. The van der Waals surface area contributed by atoms with E-state index in [0.29, 0.717) is 0 Å². The van der Waals surface area contributed by atoms with Crippen molar-refractivity contribution in [2.75, 3.05) is 31.1 Å². The van der Waals surface area contributed by atoms with E-state index in [9.17, 15) is 0 Å². The van der Waals surface area contributed by atoms with E-state index in [1.54, 1.807) is 0 Å². The van der Waals surface area contributed by atoms with Gasteiger partial charge in [0.2, 0.25) is 5.95 Å². The summed E-state index contributed by atoms with van der Waals surface area (Å²) in [5, 5.41) is 0. The average Bonchev–Trinajstić information content (AvgIpc) is 2.88. The highest BCUT2D eigenvalue weighted by atomic mass is 15.3. The Bertz CT molecular complexity index is 665. The van der Waals surface area contributed by atoms with Crippen LogP contribution in [0.5, 0.6) is 0 Å². The molecule has 0 radical (unpaired) electrons. The number of pyridine rings is 1. The normalized spacial score (nSPS) is 18.9. The van der Waals surface area contributed by atoms with Crippen LogP contribution in [-0.2, 0) is 19.4 Å². The lowest BCUT2D eigenvalue weighted by atomic mass is 10.1. The molecule has 1 aliphatic carbocycles. The van der Waals surface area contributed by atoms with E-state index >= 15 is 0 Å². The molecule has 0 spiro atoms. The highest BCUT2D eigenvalue weighted by Crippen LogP contribution is 2.21. The monoisotopic (exact) mass is 323 g/mol. The summed E-state index contributed by atoms with van der Waals surface area (Å²) < 4.78 is 0. The molecule has 0 amide bonds. The molecule has 3 heterocycles. The van der Waals surface area contributed by atoms with Gasteiger partial charge >= 0.3 is 0 Å². The minimum absolute atomic E-state index is 0.930. The lowest BCUT2D eigenvalue weighted by Gasteiger charge is -2.34. The second-order valence-electron chi connectivity index (χ2n) is 6.82. The van der Waals surface area contributed by atoms with Crippen molar-refractivity contribution in [2.45, 2.75) is 38.6 Å². The Kier molecular flexibility index (Phi) is 4.69. The molecular formula is C19H25N5. The van der Waals surface area contributed by atoms with Crippen LogP contribution in [0.2, 0.25) is 0 Å². The maximum Gasteiger partial charge on any atom is 0.225 e. The summed E-state index contributed by atoms with van der Waals surface area (Å²) in [7, 11) is 0. The first kappa shape index (κ1) is 15.5. The fourth-order valence-electron chi connectivity index (χ4n) is 3.65. The molecule has 0 bridgehead atoms. The van der Waals surface area contributed by atoms with Crippen LogP contribution in [-0.4, -0.2) is 46.0 Å². The molecule has 0 aromatic carbocycles. The molecule has 126 valence electrons. The van der Waals surface area contributed by atoms with Gasteiger partial charge in [-0.1, -0.05) is 6.42 Å². The van der Waals surface area contributed by atoms with Crippen LogP contribution in [0.4, 0.5) is 5.95 Å². The molecule has 0 saturated carbocycles. The first-order chi connectivity index (χ1) is 11.9. The van der Waals surface area contributed by atoms with Crippen molar-refractivity contribution in [3.63, 3.8) is 0 Å². The minimum Gasteiger partial charge on any atom is -0.338 e. The zero-order valence-electron chi connectivity index (χ0n) is 14.2. The number of aryl methyl sites for hydroxylation is 2. The zero-order chi connectivity index (χ0) is 16.2. The van der Waals surface area contributed by atoms with Gasteiger partial charge in [-0.2, -0.15) is 0 Å². The first-order valence-corrected chi connectivity index (χ1v) is 9.09. The van der Waals surface area contributed by atoms with Gasteiger partial charge in [0.15, 0.2) is 0 Å². The number of anilines is 1. The Morgan fingerprint density at radius 1 is 0.917 bits per heavy atom. The lowest BCUT2D eigenvalue weighted by molar-refractivity contribution is 0.248. The third-order valence-corrected chi connectivity index (χ3v) is 5.11. The number of piperazine rings is 1. The molecule has 0 unspecified atom stereocenters. The Labute approximate surface area is 143 Å². The Morgan fingerprint density at radius 3 is 2.54 bits per heavy atom. The standard InChI is InChI=1S/C19H25N5/c1-2-4-17-14-21-19(22-18(17)5-3-1)24-12-10-23(11-13-24)15-16-6-8-20-9-7-16/h6-9,14H,1-5,10-13,15H2. The molecule has 0 atom stereocenters. The maximum absolute atomic E-state index is 4.89. The molecule has 0 N–H and O–H groups in total. The molecule has 4 rings (SSSR count). The lowest BCUT2D eigenvalue weighted by Crippen LogP contribution is -2.46. The smallest absolute Gasteiger partial charge is 0.225 e. The fourth-order valence-corrected chi connectivity index (χ4v) is 3.65. The van der Waals surface area contributed by atoms with Gasteiger partial charge in [0, 0.05) is 57.0 Å². The summed E-state index contributed by atoms with van der Waals surface area (Å²) in [5.74, 6) is 0.930. The molecule has 5 heteroatoms. The number of hydrogen-bond donors (Lipinski definition) is 0. The Morgan fingerprint density at radius 2 is 1.71 bits per heavy atom. The van der Waals surface area contributed by atoms with Gasteiger partial charge in [0.1, 0.15) is 0 Å². The van der Waals surface area contributed by atoms with E-state index in [0.717, 1.165) is 51.5 Å². The number of hydrogen-bond acceptors (Lipinski definition) is 5. The van der Waals surface area contributed by atoms with Crippen LogP contribution in [0.3, 0.4) is 0 Å². The highest BCUT2D eigenvalue weighted by molar-refractivity contribution is 5.34. The van der Waals surface area contributed by atoms with E-state index in [4.69, 9.17) is 4.98 Å². The van der Waals surface area contributed by atoms with Gasteiger partial charge in [0.05, 0.1) is 0 Å². The quantitative estimate of drug-likeness (QED) is 0.812. The Balaban J connectivity index is 1.38. The van der Waals surface area contributed by atoms with Crippen LogP contribution in [0.1, 0.15) is 36.1 Å². The number of fused-ring (bicyclic) bond motifs is 1. The molecular weight excluding hydrogens is 298 g/mol. The predicted octanol–water partition coefficient (Wildman–Crippen LogP) is 2.46. The largest absolute Gasteiger partial charge is 0.338 e. The molecule has 5 nitrogen and oxygen atoms in total. The first-order valence-electron chi connectivity index (χ1n) is 9.09. The van der Waals surface area contributed by atoms with Gasteiger partial charge in [-0.25, -0.2) is 9.97 Å². The molecule has 1 fully saturated rings. The molecule has 2 aromatic rings. The predicted molar refractivity (Wildman–Crippen MR) is 95.0 cm³/mol. The molecule has 1 aliphatic heterocycles. The van der Waals surface area contributed by atoms with E-state index in [1.165, 1.54) is 36.1 Å². The maximum atomic E-state index is 4.89. The summed E-state index contributed by atoms with van der Waals surface area (Å²) in [6, 6.07) is 4.20. The molecule has 2 aliphatic rings. The summed E-state index contributed by atoms with van der Waals surface area (Å²) in [4.78, 5) is 18.5. The van der Waals surface area contributed by atoms with Gasteiger partial charge < -0.3 is 4.90 Å². The number of aromatic nitrogens is 3. The fraction of sp³-hybridized carbons (Fsp3) is 0.526. The van der Waals surface area contributed by atoms with Gasteiger partial charge in [-0.05, 0) is 48.9 Å². The van der Waals surface area contributed by atoms with E-state index in [-0.39, 0.29) is 0 Å². The Hall–Kier alpha value is -2.01. The highest BCUT2D eigenvalue weighted by Gasteiger charge is 2.20. The van der Waals surface area contributed by atoms with Crippen LogP contribution in [0.25, 0.3) is 0 Å². The van der Waals surface area contributed by atoms with Crippen LogP contribution in [0.15, 0.2) is 30.7 Å².